The van der Waals surface area contributed by atoms with Crippen LogP contribution in [0, 0.1) is 0 Å². The van der Waals surface area contributed by atoms with Gasteiger partial charge >= 0.3 is 12.2 Å². The molecule has 0 radical (unpaired) electrons. The number of cyclic esters (lactones) is 2. The number of alkyl carbamates (subject to hydrolysis) is 2. The number of hydrogen-bond donors (Lipinski definition) is 2. The molecule has 2 unspecified atom stereocenters. The molecule has 6 nitrogen and oxygen atoms in total. The molecule has 4 aromatic rings. The van der Waals surface area contributed by atoms with Crippen molar-refractivity contribution in [2.45, 2.75) is 112 Å². The Hall–Kier alpha value is -4.58. The van der Waals surface area contributed by atoms with Crippen molar-refractivity contribution in [2.75, 3.05) is 13.2 Å². The average Bonchev–Trinajstić information content (AvgIpc) is 3.99. The molecule has 2 N–H and O–H groups in total. The Labute approximate surface area is 307 Å². The highest BCUT2D eigenvalue weighted by Gasteiger charge is 2.47. The maximum Gasteiger partial charge on any atom is 0.407 e. The smallest absolute Gasteiger partial charge is 0.407 e. The van der Waals surface area contributed by atoms with Gasteiger partial charge in [-0.15, -0.1) is 0 Å². The molecule has 268 valence electrons. The van der Waals surface area contributed by atoms with Gasteiger partial charge in [-0.2, -0.15) is 0 Å². The fourth-order valence-corrected chi connectivity index (χ4v) is 10.4. The molecule has 2 heterocycles. The van der Waals surface area contributed by atoms with E-state index in [0.29, 0.717) is 36.9 Å². The van der Waals surface area contributed by atoms with Gasteiger partial charge in [0.1, 0.15) is 13.2 Å². The molecule has 6 aliphatic rings. The highest BCUT2D eigenvalue weighted by Crippen LogP contribution is 2.45. The molecule has 0 bridgehead atoms. The number of amides is 2. The summed E-state index contributed by atoms with van der Waals surface area (Å²) in [5.74, 6) is 2.37. The molecule has 0 aromatic heterocycles. The van der Waals surface area contributed by atoms with Gasteiger partial charge in [-0.1, -0.05) is 97.1 Å². The summed E-state index contributed by atoms with van der Waals surface area (Å²) in [4.78, 5) is 22.9. The van der Waals surface area contributed by atoms with Crippen molar-refractivity contribution >= 4 is 12.2 Å². The second kappa shape index (κ2) is 13.8. The first-order chi connectivity index (χ1) is 25.4. The van der Waals surface area contributed by atoms with Gasteiger partial charge in [0.2, 0.25) is 0 Å². The van der Waals surface area contributed by atoms with Crippen LogP contribution in [0.2, 0.25) is 0 Å². The Balaban J connectivity index is 0.000000138. The first-order valence-electron chi connectivity index (χ1n) is 19.6. The van der Waals surface area contributed by atoms with Gasteiger partial charge in [0, 0.05) is 0 Å². The number of hydrogen-bond acceptors (Lipinski definition) is 4. The molecule has 4 fully saturated rings. The Morgan fingerprint density at radius 2 is 0.923 bits per heavy atom. The standard InChI is InChI=1S/2C23H25NO2/c2*25-22-24-23(15-26-22)11-10-21(14-23)20-9-8-18-12-17(6-7-19(18)13-20)16-4-2-1-3-5-16/h2*1-5,8-9,13,17,21H,6-7,10-12,14-15H2,(H,24,25)/t2*17?,21-,23+/m00/s1. The Bertz CT molecular complexity index is 1800. The van der Waals surface area contributed by atoms with Gasteiger partial charge in [0.05, 0.1) is 11.1 Å². The van der Waals surface area contributed by atoms with Gasteiger partial charge in [-0.3, -0.25) is 0 Å². The van der Waals surface area contributed by atoms with Crippen LogP contribution in [-0.2, 0) is 35.2 Å². The van der Waals surface area contributed by atoms with Gasteiger partial charge in [-0.05, 0) is 145 Å². The van der Waals surface area contributed by atoms with Crippen molar-refractivity contribution in [2.24, 2.45) is 0 Å². The van der Waals surface area contributed by atoms with Crippen LogP contribution >= 0.6 is 0 Å². The largest absolute Gasteiger partial charge is 0.447 e. The fourth-order valence-electron chi connectivity index (χ4n) is 10.4. The summed E-state index contributed by atoms with van der Waals surface area (Å²) in [6, 6.07) is 36.1. The Morgan fingerprint density at radius 1 is 0.481 bits per heavy atom. The molecule has 4 aromatic carbocycles. The number of carbonyl (C=O) groups is 2. The van der Waals surface area contributed by atoms with E-state index in [0.717, 1.165) is 51.4 Å². The number of carbonyl (C=O) groups excluding carboxylic acids is 2. The molecular formula is C46H50N2O4. The van der Waals surface area contributed by atoms with E-state index in [2.05, 4.69) is 108 Å². The number of nitrogens with one attached hydrogen (secondary N) is 2. The van der Waals surface area contributed by atoms with E-state index in [1.165, 1.54) is 70.2 Å². The molecule has 2 amide bonds. The predicted molar refractivity (Wildman–Crippen MR) is 203 cm³/mol. The van der Waals surface area contributed by atoms with Crippen LogP contribution in [0.3, 0.4) is 0 Å². The average molecular weight is 695 g/mol. The van der Waals surface area contributed by atoms with Gasteiger partial charge in [0.25, 0.3) is 0 Å². The Kier molecular flexibility index (Phi) is 8.80. The maximum absolute atomic E-state index is 11.5. The molecule has 6 atom stereocenters. The van der Waals surface area contributed by atoms with Crippen molar-refractivity contribution in [1.82, 2.24) is 10.6 Å². The normalized spacial score (nSPS) is 30.1. The van der Waals surface area contributed by atoms with Gasteiger partial charge in [-0.25, -0.2) is 9.59 Å². The summed E-state index contributed by atoms with van der Waals surface area (Å²) >= 11 is 0. The summed E-state index contributed by atoms with van der Waals surface area (Å²) in [5.41, 5.74) is 11.7. The van der Waals surface area contributed by atoms with E-state index in [9.17, 15) is 9.59 Å². The summed E-state index contributed by atoms with van der Waals surface area (Å²) in [6.45, 7) is 1.07. The van der Waals surface area contributed by atoms with Crippen LogP contribution in [0.1, 0.15) is 120 Å². The fraction of sp³-hybridized carbons (Fsp3) is 0.435. The zero-order valence-electron chi connectivity index (χ0n) is 30.1. The number of aryl methyl sites for hydroxylation is 2. The molecule has 4 aliphatic carbocycles. The lowest BCUT2D eigenvalue weighted by atomic mass is 9.79. The molecule has 6 heteroatoms. The first kappa shape index (κ1) is 33.3. The minimum Gasteiger partial charge on any atom is -0.447 e. The van der Waals surface area contributed by atoms with Crippen LogP contribution in [-0.4, -0.2) is 36.5 Å². The predicted octanol–water partition coefficient (Wildman–Crippen LogP) is 9.41. The number of fused-ring (bicyclic) bond motifs is 2. The van der Waals surface area contributed by atoms with Crippen LogP contribution in [0.25, 0.3) is 0 Å². The van der Waals surface area contributed by atoms with Crippen molar-refractivity contribution in [3.8, 4) is 0 Å². The second-order valence-electron chi connectivity index (χ2n) is 16.6. The van der Waals surface area contributed by atoms with Crippen molar-refractivity contribution in [1.29, 1.82) is 0 Å². The van der Waals surface area contributed by atoms with E-state index < -0.39 is 0 Å². The summed E-state index contributed by atoms with van der Waals surface area (Å²) in [6.07, 6.45) is 12.9. The molecule has 2 saturated carbocycles. The first-order valence-corrected chi connectivity index (χ1v) is 19.6. The minimum atomic E-state index is -0.247. The third kappa shape index (κ3) is 6.73. The lowest BCUT2D eigenvalue weighted by Gasteiger charge is -2.26. The zero-order valence-corrected chi connectivity index (χ0v) is 30.1. The molecular weight excluding hydrogens is 645 g/mol. The monoisotopic (exact) mass is 694 g/mol. The SMILES string of the molecule is O=C1N[C@@]2(CC[C@H](c3ccc4c(c3)CCC(c3ccccc3)C4)C2)CO1.O=C1N[C@@]2(CC[C@H](c3ccc4c(c3)CCC(c3ccccc3)C4)C2)CO1. The number of ether oxygens (including phenoxy) is 2. The van der Waals surface area contributed by atoms with Crippen molar-refractivity contribution < 1.29 is 19.1 Å². The van der Waals surface area contributed by atoms with Crippen LogP contribution < -0.4 is 10.6 Å². The number of rotatable bonds is 4. The van der Waals surface area contributed by atoms with E-state index in [-0.39, 0.29) is 23.3 Å². The van der Waals surface area contributed by atoms with Crippen molar-refractivity contribution in [3.63, 3.8) is 0 Å². The summed E-state index contributed by atoms with van der Waals surface area (Å²) in [5, 5.41) is 6.11. The molecule has 10 rings (SSSR count). The van der Waals surface area contributed by atoms with Crippen LogP contribution in [0.4, 0.5) is 9.59 Å². The second-order valence-corrected chi connectivity index (χ2v) is 16.6. The Morgan fingerprint density at radius 3 is 1.33 bits per heavy atom. The quantitative estimate of drug-likeness (QED) is 0.223. The molecule has 52 heavy (non-hydrogen) atoms. The van der Waals surface area contributed by atoms with Crippen LogP contribution in [0.5, 0.6) is 0 Å². The van der Waals surface area contributed by atoms with E-state index in [4.69, 9.17) is 9.47 Å². The van der Waals surface area contributed by atoms with Gasteiger partial charge < -0.3 is 20.1 Å². The molecule has 2 aliphatic heterocycles. The third-order valence-corrected chi connectivity index (χ3v) is 13.3. The minimum absolute atomic E-state index is 0.115. The highest BCUT2D eigenvalue weighted by molar-refractivity contribution is 5.71. The van der Waals surface area contributed by atoms with E-state index in [1.807, 2.05) is 0 Å². The summed E-state index contributed by atoms with van der Waals surface area (Å²) < 4.78 is 10.3. The molecule has 2 spiro atoms. The lowest BCUT2D eigenvalue weighted by Crippen LogP contribution is -2.40. The third-order valence-electron chi connectivity index (χ3n) is 13.3. The van der Waals surface area contributed by atoms with E-state index in [1.54, 1.807) is 0 Å². The topological polar surface area (TPSA) is 76.7 Å². The summed E-state index contributed by atoms with van der Waals surface area (Å²) in [7, 11) is 0. The van der Waals surface area contributed by atoms with Crippen LogP contribution in [0.15, 0.2) is 97.1 Å². The van der Waals surface area contributed by atoms with E-state index >= 15 is 0 Å². The lowest BCUT2D eigenvalue weighted by molar-refractivity contribution is 0.171. The van der Waals surface area contributed by atoms with Crippen molar-refractivity contribution in [3.05, 3.63) is 142 Å². The highest BCUT2D eigenvalue weighted by atomic mass is 16.6. The maximum atomic E-state index is 11.5. The molecule has 2 saturated heterocycles. The number of benzene rings is 4. The zero-order chi connectivity index (χ0) is 35.1. The van der Waals surface area contributed by atoms with Gasteiger partial charge in [0.15, 0.2) is 0 Å².